The fourth-order valence-electron chi connectivity index (χ4n) is 2.42. The number of aliphatic imine (C=N–C) groups is 1. The van der Waals surface area contributed by atoms with E-state index in [2.05, 4.69) is 15.6 Å². The van der Waals surface area contributed by atoms with Crippen molar-refractivity contribution in [1.82, 2.24) is 15.5 Å². The molecule has 0 unspecified atom stereocenters. The summed E-state index contributed by atoms with van der Waals surface area (Å²) in [6.07, 6.45) is 2.61. The van der Waals surface area contributed by atoms with Gasteiger partial charge >= 0.3 is 0 Å². The van der Waals surface area contributed by atoms with Crippen LogP contribution in [0.2, 0.25) is 0 Å². The number of benzene rings is 1. The maximum Gasteiger partial charge on any atom is 0.251 e. The Morgan fingerprint density at radius 2 is 1.89 bits per heavy atom. The largest absolute Gasteiger partial charge is 0.497 e. The molecule has 1 aromatic rings. The fraction of sp³-hybridized carbons (Fsp3) is 0.579. The Bertz CT molecular complexity index is 591. The van der Waals surface area contributed by atoms with Crippen molar-refractivity contribution in [3.63, 3.8) is 0 Å². The lowest BCUT2D eigenvalue weighted by Crippen LogP contribution is -2.43. The molecule has 1 aliphatic carbocycles. The summed E-state index contributed by atoms with van der Waals surface area (Å²) in [6.45, 7) is 3.46. The van der Waals surface area contributed by atoms with E-state index in [0.29, 0.717) is 25.3 Å². The number of likely N-dealkylation sites (N-methyl/N-ethyl adjacent to an activating group) is 1. The number of hydrogen-bond acceptors (Lipinski definition) is 4. The molecule has 2 rings (SSSR count). The van der Waals surface area contributed by atoms with Crippen LogP contribution >= 0.6 is 24.0 Å². The lowest BCUT2D eigenvalue weighted by Gasteiger charge is -2.22. The van der Waals surface area contributed by atoms with E-state index in [-0.39, 0.29) is 29.9 Å². The standard InChI is InChI=1S/C19H30N4O3.HI/c1-20-19(23(2)12-13-26-14-15-4-5-15)22-11-10-21-18(24)16-6-8-17(25-3)9-7-16;/h6-9,15H,4-5,10-14H2,1-3H3,(H,20,22)(H,21,24);1H. The maximum absolute atomic E-state index is 12.1. The van der Waals surface area contributed by atoms with Gasteiger partial charge in [0, 0.05) is 45.9 Å². The first-order chi connectivity index (χ1) is 12.6. The quantitative estimate of drug-likeness (QED) is 0.227. The Morgan fingerprint density at radius 1 is 1.22 bits per heavy atom. The van der Waals surface area contributed by atoms with Gasteiger partial charge in [0.05, 0.1) is 13.7 Å². The first-order valence-electron chi connectivity index (χ1n) is 9.05. The summed E-state index contributed by atoms with van der Waals surface area (Å²) in [5.74, 6) is 2.20. The van der Waals surface area contributed by atoms with Gasteiger partial charge in [0.15, 0.2) is 5.96 Å². The van der Waals surface area contributed by atoms with E-state index in [1.165, 1.54) is 12.8 Å². The molecule has 0 saturated heterocycles. The summed E-state index contributed by atoms with van der Waals surface area (Å²) >= 11 is 0. The van der Waals surface area contributed by atoms with Gasteiger partial charge in [-0.3, -0.25) is 9.79 Å². The van der Waals surface area contributed by atoms with Gasteiger partial charge in [0.1, 0.15) is 5.75 Å². The summed E-state index contributed by atoms with van der Waals surface area (Å²) in [5, 5.41) is 6.13. The van der Waals surface area contributed by atoms with Crippen molar-refractivity contribution in [1.29, 1.82) is 0 Å². The van der Waals surface area contributed by atoms with Crippen molar-refractivity contribution in [2.75, 3.05) is 54.1 Å². The van der Waals surface area contributed by atoms with Crippen LogP contribution in [-0.2, 0) is 4.74 Å². The van der Waals surface area contributed by atoms with Gasteiger partial charge < -0.3 is 25.0 Å². The molecule has 1 amide bonds. The van der Waals surface area contributed by atoms with E-state index in [1.54, 1.807) is 38.4 Å². The minimum Gasteiger partial charge on any atom is -0.497 e. The van der Waals surface area contributed by atoms with Gasteiger partial charge in [-0.15, -0.1) is 24.0 Å². The molecule has 0 aliphatic heterocycles. The normalized spacial score (nSPS) is 13.5. The summed E-state index contributed by atoms with van der Waals surface area (Å²) in [7, 11) is 5.33. The molecule has 1 aliphatic rings. The van der Waals surface area contributed by atoms with Crippen LogP contribution in [0, 0.1) is 5.92 Å². The van der Waals surface area contributed by atoms with Gasteiger partial charge in [0.2, 0.25) is 0 Å². The van der Waals surface area contributed by atoms with Crippen LogP contribution in [0.4, 0.5) is 0 Å². The number of nitrogens with zero attached hydrogens (tertiary/aromatic N) is 2. The maximum atomic E-state index is 12.1. The number of rotatable bonds is 10. The summed E-state index contributed by atoms with van der Waals surface area (Å²) in [4.78, 5) is 18.4. The SMILES string of the molecule is CN=C(NCCNC(=O)c1ccc(OC)cc1)N(C)CCOCC1CC1.I. The predicted molar refractivity (Wildman–Crippen MR) is 118 cm³/mol. The van der Waals surface area contributed by atoms with Gasteiger partial charge in [-0.1, -0.05) is 0 Å². The minimum atomic E-state index is -0.105. The molecular weight excluding hydrogens is 459 g/mol. The zero-order valence-corrected chi connectivity index (χ0v) is 18.7. The Morgan fingerprint density at radius 3 is 2.48 bits per heavy atom. The Balaban J connectivity index is 0.00000364. The van der Waals surface area contributed by atoms with E-state index in [9.17, 15) is 4.79 Å². The highest BCUT2D eigenvalue weighted by molar-refractivity contribution is 14.0. The molecule has 0 radical (unpaired) electrons. The molecule has 1 aromatic carbocycles. The number of guanidine groups is 1. The Hall–Kier alpha value is -1.55. The monoisotopic (exact) mass is 490 g/mol. The number of amides is 1. The van der Waals surface area contributed by atoms with Gasteiger partial charge in [-0.2, -0.15) is 0 Å². The number of nitrogens with one attached hydrogen (secondary N) is 2. The van der Waals surface area contributed by atoms with Gasteiger partial charge in [-0.25, -0.2) is 0 Å². The lowest BCUT2D eigenvalue weighted by atomic mass is 10.2. The number of ether oxygens (including phenoxy) is 2. The second-order valence-corrected chi connectivity index (χ2v) is 6.40. The molecule has 0 aromatic heterocycles. The first kappa shape index (κ1) is 23.5. The van der Waals surface area contributed by atoms with Crippen molar-refractivity contribution in [2.45, 2.75) is 12.8 Å². The summed E-state index contributed by atoms with van der Waals surface area (Å²) in [5.41, 5.74) is 0.611. The molecule has 0 atom stereocenters. The smallest absolute Gasteiger partial charge is 0.251 e. The minimum absolute atomic E-state index is 0. The van der Waals surface area contributed by atoms with Crippen LogP contribution in [0.5, 0.6) is 5.75 Å². The molecule has 2 N–H and O–H groups in total. The Labute approximate surface area is 178 Å². The highest BCUT2D eigenvalue weighted by atomic mass is 127. The van der Waals surface area contributed by atoms with E-state index >= 15 is 0 Å². The zero-order chi connectivity index (χ0) is 18.8. The first-order valence-corrected chi connectivity index (χ1v) is 9.05. The van der Waals surface area contributed by atoms with E-state index in [0.717, 1.165) is 30.8 Å². The Kier molecular flexibility index (Phi) is 11.1. The highest BCUT2D eigenvalue weighted by Gasteiger charge is 2.21. The highest BCUT2D eigenvalue weighted by Crippen LogP contribution is 2.28. The van der Waals surface area contributed by atoms with E-state index < -0.39 is 0 Å². The summed E-state index contributed by atoms with van der Waals surface area (Å²) < 4.78 is 10.7. The molecule has 0 heterocycles. The number of carbonyl (C=O) groups excluding carboxylic acids is 1. The average Bonchev–Trinajstić information content (AvgIpc) is 3.49. The molecule has 7 nitrogen and oxygen atoms in total. The topological polar surface area (TPSA) is 75.2 Å². The van der Waals surface area contributed by atoms with Crippen molar-refractivity contribution >= 4 is 35.8 Å². The second kappa shape index (κ2) is 12.8. The molecule has 0 spiro atoms. The predicted octanol–water partition coefficient (Wildman–Crippen LogP) is 1.98. The molecule has 1 saturated carbocycles. The van der Waals surface area contributed by atoms with Gasteiger partial charge in [-0.05, 0) is 43.0 Å². The van der Waals surface area contributed by atoms with Crippen molar-refractivity contribution in [3.8, 4) is 5.75 Å². The van der Waals surface area contributed by atoms with Crippen LogP contribution in [-0.4, -0.2) is 70.8 Å². The number of hydrogen-bond donors (Lipinski definition) is 2. The number of halogens is 1. The summed E-state index contributed by atoms with van der Waals surface area (Å²) in [6, 6.07) is 7.04. The van der Waals surface area contributed by atoms with Crippen LogP contribution in [0.3, 0.4) is 0 Å². The number of methoxy groups -OCH3 is 1. The van der Waals surface area contributed by atoms with Crippen molar-refractivity contribution in [3.05, 3.63) is 29.8 Å². The molecule has 27 heavy (non-hydrogen) atoms. The lowest BCUT2D eigenvalue weighted by molar-refractivity contribution is 0.0954. The number of carbonyl (C=O) groups is 1. The molecule has 1 fully saturated rings. The third kappa shape index (κ3) is 8.79. The van der Waals surface area contributed by atoms with Crippen LogP contribution in [0.1, 0.15) is 23.2 Å². The second-order valence-electron chi connectivity index (χ2n) is 6.40. The molecule has 152 valence electrons. The van der Waals surface area contributed by atoms with Crippen LogP contribution < -0.4 is 15.4 Å². The molecule has 8 heteroatoms. The van der Waals surface area contributed by atoms with E-state index in [1.807, 2.05) is 11.9 Å². The average molecular weight is 490 g/mol. The zero-order valence-electron chi connectivity index (χ0n) is 16.4. The third-order valence-electron chi connectivity index (χ3n) is 4.24. The third-order valence-corrected chi connectivity index (χ3v) is 4.24. The van der Waals surface area contributed by atoms with Crippen molar-refractivity contribution in [2.24, 2.45) is 10.9 Å². The molecular formula is C19H31IN4O3. The fourth-order valence-corrected chi connectivity index (χ4v) is 2.42. The van der Waals surface area contributed by atoms with Gasteiger partial charge in [0.25, 0.3) is 5.91 Å². The van der Waals surface area contributed by atoms with Crippen molar-refractivity contribution < 1.29 is 14.3 Å². The van der Waals surface area contributed by atoms with Crippen LogP contribution in [0.15, 0.2) is 29.3 Å². The van der Waals surface area contributed by atoms with E-state index in [4.69, 9.17) is 9.47 Å². The molecule has 0 bridgehead atoms. The van der Waals surface area contributed by atoms with Crippen LogP contribution in [0.25, 0.3) is 0 Å².